The Morgan fingerprint density at radius 1 is 1.06 bits per heavy atom. The van der Waals surface area contributed by atoms with Gasteiger partial charge in [-0.15, -0.1) is 35.9 Å². The monoisotopic (exact) mass is 605 g/mol. The van der Waals surface area contributed by atoms with Crippen molar-refractivity contribution in [3.05, 3.63) is 89.3 Å². The predicted molar refractivity (Wildman–Crippen MR) is 125 cm³/mol. The molecule has 1 N–H and O–H groups in total. The molecule has 0 bridgehead atoms. The molecule has 0 atom stereocenters. The summed E-state index contributed by atoms with van der Waals surface area (Å²) in [6.45, 7) is 9.23. The van der Waals surface area contributed by atoms with Gasteiger partial charge in [-0.3, -0.25) is 4.79 Å². The van der Waals surface area contributed by atoms with E-state index in [2.05, 4.69) is 56.1 Å². The molecule has 0 aliphatic rings. The third-order valence-electron chi connectivity index (χ3n) is 4.72. The largest absolute Gasteiger partial charge is 0.512 e. The van der Waals surface area contributed by atoms with Crippen LogP contribution in [0.1, 0.15) is 30.5 Å². The molecule has 1 radical (unpaired) electrons. The van der Waals surface area contributed by atoms with E-state index in [-0.39, 0.29) is 31.6 Å². The molecule has 167 valence electrons. The fourth-order valence-corrected chi connectivity index (χ4v) is 3.63. The molecule has 0 amide bonds. The molecule has 0 saturated heterocycles. The van der Waals surface area contributed by atoms with Gasteiger partial charge in [0.05, 0.1) is 12.0 Å². The predicted octanol–water partition coefficient (Wildman–Crippen LogP) is 6.92. The van der Waals surface area contributed by atoms with Gasteiger partial charge in [0.2, 0.25) is 0 Å². The Morgan fingerprint density at radius 2 is 1.75 bits per heavy atom. The van der Waals surface area contributed by atoms with Crippen molar-refractivity contribution < 1.29 is 34.4 Å². The summed E-state index contributed by atoms with van der Waals surface area (Å²) in [5.41, 5.74) is 7.62. The number of carbonyl (C=O) groups excluding carboxylic acids is 1. The van der Waals surface area contributed by atoms with Crippen LogP contribution in [0, 0.1) is 26.8 Å². The summed E-state index contributed by atoms with van der Waals surface area (Å²) in [6.07, 6.45) is 2.97. The molecule has 0 fully saturated rings. The Kier molecular flexibility index (Phi) is 8.71. The number of benzene rings is 2. The van der Waals surface area contributed by atoms with Crippen molar-refractivity contribution in [2.75, 3.05) is 0 Å². The second-order valence-corrected chi connectivity index (χ2v) is 7.66. The summed E-state index contributed by atoms with van der Waals surface area (Å²) in [6, 6.07) is 19.7. The van der Waals surface area contributed by atoms with E-state index in [4.69, 9.17) is 9.52 Å². The van der Waals surface area contributed by atoms with Crippen LogP contribution in [0.2, 0.25) is 0 Å². The molecule has 0 aliphatic heterocycles. The summed E-state index contributed by atoms with van der Waals surface area (Å²) in [7, 11) is 0. The summed E-state index contributed by atoms with van der Waals surface area (Å²) < 4.78 is 6.07. The minimum absolute atomic E-state index is 0. The maximum atomic E-state index is 10.0. The van der Waals surface area contributed by atoms with Crippen molar-refractivity contribution in [3.8, 4) is 22.6 Å². The van der Waals surface area contributed by atoms with E-state index in [0.717, 1.165) is 28.0 Å². The average Bonchev–Trinajstić information content (AvgIpc) is 3.10. The van der Waals surface area contributed by atoms with Gasteiger partial charge >= 0.3 is 0 Å². The number of pyridine rings is 1. The second-order valence-electron chi connectivity index (χ2n) is 7.66. The molecule has 4 nitrogen and oxygen atoms in total. The van der Waals surface area contributed by atoms with Gasteiger partial charge < -0.3 is 14.5 Å². The van der Waals surface area contributed by atoms with Crippen molar-refractivity contribution in [2.24, 2.45) is 0 Å². The van der Waals surface area contributed by atoms with E-state index in [0.29, 0.717) is 0 Å². The van der Waals surface area contributed by atoms with Crippen LogP contribution in [0.5, 0.6) is 0 Å². The second kappa shape index (κ2) is 11.0. The molecule has 2 heterocycles. The first kappa shape index (κ1) is 25.3. The quantitative estimate of drug-likeness (QED) is 0.157. The van der Waals surface area contributed by atoms with Crippen LogP contribution in [-0.4, -0.2) is 15.9 Å². The smallest absolute Gasteiger partial charge is 0.155 e. The van der Waals surface area contributed by atoms with E-state index in [9.17, 15) is 4.79 Å². The summed E-state index contributed by atoms with van der Waals surface area (Å²) in [5, 5.41) is 9.42. The molecule has 0 saturated carbocycles. The van der Waals surface area contributed by atoms with E-state index in [1.54, 1.807) is 6.20 Å². The molecule has 0 spiro atoms. The van der Waals surface area contributed by atoms with Gasteiger partial charge in [-0.05, 0) is 57.5 Å². The number of hydrogen-bond donors (Lipinski definition) is 1. The van der Waals surface area contributed by atoms with Crippen molar-refractivity contribution in [1.29, 1.82) is 0 Å². The molecule has 5 heteroatoms. The van der Waals surface area contributed by atoms with E-state index < -0.39 is 0 Å². The number of carbonyl (C=O) groups is 1. The van der Waals surface area contributed by atoms with Gasteiger partial charge in [0.1, 0.15) is 5.76 Å². The van der Waals surface area contributed by atoms with Gasteiger partial charge in [-0.25, -0.2) is 0 Å². The van der Waals surface area contributed by atoms with Crippen LogP contribution in [0.25, 0.3) is 33.6 Å². The molecule has 4 rings (SSSR count). The van der Waals surface area contributed by atoms with Gasteiger partial charge in [0, 0.05) is 37.1 Å². The van der Waals surface area contributed by atoms with E-state index in [1.807, 2.05) is 24.3 Å². The third-order valence-corrected chi connectivity index (χ3v) is 4.72. The zero-order chi connectivity index (χ0) is 22.5. The normalized spacial score (nSPS) is 10.8. The zero-order valence-corrected chi connectivity index (χ0v) is 21.2. The maximum Gasteiger partial charge on any atom is 0.155 e. The summed E-state index contributed by atoms with van der Waals surface area (Å²) in [4.78, 5) is 14.5. The van der Waals surface area contributed by atoms with Crippen LogP contribution in [0.15, 0.2) is 71.0 Å². The zero-order valence-electron chi connectivity index (χ0n) is 18.8. The number of aryl methyl sites for hydroxylation is 3. The van der Waals surface area contributed by atoms with Crippen LogP contribution < -0.4 is 0 Å². The molecular formula is C27H26IrNO3-. The number of aromatic nitrogens is 1. The molecule has 2 aromatic carbocycles. The first-order valence-electron chi connectivity index (χ1n) is 10.1. The first-order chi connectivity index (χ1) is 14.7. The van der Waals surface area contributed by atoms with Crippen LogP contribution in [-0.2, 0) is 24.9 Å². The molecule has 0 unspecified atom stereocenters. The van der Waals surface area contributed by atoms with Gasteiger partial charge in [0.15, 0.2) is 11.4 Å². The third kappa shape index (κ3) is 6.25. The van der Waals surface area contributed by atoms with E-state index in [1.165, 1.54) is 42.2 Å². The number of fused-ring (bicyclic) bond motifs is 1. The Balaban J connectivity index is 0.000000398. The Morgan fingerprint density at radius 3 is 2.28 bits per heavy atom. The number of aliphatic hydroxyl groups is 1. The molecule has 32 heavy (non-hydrogen) atoms. The topological polar surface area (TPSA) is 63.3 Å². The van der Waals surface area contributed by atoms with Crippen molar-refractivity contribution in [1.82, 2.24) is 4.98 Å². The number of rotatable bonds is 3. The molecule has 2 aromatic heterocycles. The van der Waals surface area contributed by atoms with Crippen LogP contribution in [0.4, 0.5) is 0 Å². The number of furan rings is 1. The van der Waals surface area contributed by atoms with E-state index >= 15 is 0 Å². The Bertz CT molecular complexity index is 1230. The van der Waals surface area contributed by atoms with Gasteiger partial charge in [0.25, 0.3) is 0 Å². The van der Waals surface area contributed by atoms with Crippen LogP contribution >= 0.6 is 0 Å². The number of allylic oxidation sites excluding steroid dienone is 2. The molecule has 4 aromatic rings. The molecular weight excluding hydrogens is 579 g/mol. The first-order valence-corrected chi connectivity index (χ1v) is 10.1. The number of hydrogen-bond acceptors (Lipinski definition) is 4. The minimum Gasteiger partial charge on any atom is -0.512 e. The summed E-state index contributed by atoms with van der Waals surface area (Å²) in [5.74, 6) is 0.837. The number of nitrogens with zero attached hydrogens (tertiary/aromatic N) is 1. The maximum absolute atomic E-state index is 10.0. The summed E-state index contributed by atoms with van der Waals surface area (Å²) >= 11 is 0. The Hall–Kier alpha value is -3.01. The van der Waals surface area contributed by atoms with Crippen molar-refractivity contribution in [3.63, 3.8) is 0 Å². The van der Waals surface area contributed by atoms with Crippen molar-refractivity contribution in [2.45, 2.75) is 34.6 Å². The minimum atomic E-state index is -0.125. The fraction of sp³-hybridized carbons (Fsp3) is 0.185. The van der Waals surface area contributed by atoms with Gasteiger partial charge in [-0.2, -0.15) is 0 Å². The number of ketones is 1. The SMILES string of the molecule is CC(=O)/C=C(/C)O.Cc1cc(C)c(-c2cc3cc(-c4[c-]cccc4)ncc3o2)c(C)c1.[Ir]. The molecule has 0 aliphatic carbocycles. The van der Waals surface area contributed by atoms with Gasteiger partial charge in [-0.1, -0.05) is 23.8 Å². The Labute approximate surface area is 202 Å². The van der Waals surface area contributed by atoms with Crippen molar-refractivity contribution >= 4 is 16.8 Å². The average molecular weight is 605 g/mol. The standard InChI is InChI=1S/C22H18NO.C5H8O2.Ir/c1-14-9-15(2)22(16(3)10-14)20-12-18-11-19(23-13-21(18)24-20)17-7-5-4-6-8-17;1-4(6)3-5(2)7;/h4-7,9-13H,1-3H3;3,6H,1-2H3;/q-1;;/b;4-3-;. The fourth-order valence-electron chi connectivity index (χ4n) is 3.63. The van der Waals surface area contributed by atoms with Crippen LogP contribution in [0.3, 0.4) is 0 Å². The number of aliphatic hydroxyl groups excluding tert-OH is 1.